The SMILES string of the molecule is Cc1cc(Oc2ccn3c(=O)ccnc3c2)ccc1F. The summed E-state index contributed by atoms with van der Waals surface area (Å²) in [4.78, 5) is 15.7. The first-order chi connectivity index (χ1) is 9.63. The monoisotopic (exact) mass is 270 g/mol. The number of pyridine rings is 1. The van der Waals surface area contributed by atoms with E-state index in [1.165, 1.54) is 22.7 Å². The molecule has 3 aromatic rings. The summed E-state index contributed by atoms with van der Waals surface area (Å²) in [6.45, 7) is 1.67. The number of fused-ring (bicyclic) bond motifs is 1. The lowest BCUT2D eigenvalue weighted by molar-refractivity contribution is 0.479. The summed E-state index contributed by atoms with van der Waals surface area (Å²) in [5.41, 5.74) is 0.852. The Hall–Kier alpha value is -2.69. The maximum atomic E-state index is 13.2. The van der Waals surface area contributed by atoms with Gasteiger partial charge in [-0.2, -0.15) is 0 Å². The number of hydrogen-bond donors (Lipinski definition) is 0. The van der Waals surface area contributed by atoms with Gasteiger partial charge in [0.25, 0.3) is 5.56 Å². The van der Waals surface area contributed by atoms with Crippen LogP contribution in [0.3, 0.4) is 0 Å². The number of halogens is 1. The van der Waals surface area contributed by atoms with Gasteiger partial charge in [-0.15, -0.1) is 0 Å². The molecule has 0 amide bonds. The minimum absolute atomic E-state index is 0.154. The van der Waals surface area contributed by atoms with Crippen molar-refractivity contribution in [3.8, 4) is 11.5 Å². The highest BCUT2D eigenvalue weighted by molar-refractivity contribution is 5.45. The van der Waals surface area contributed by atoms with Crippen molar-refractivity contribution in [2.24, 2.45) is 0 Å². The molecule has 0 aliphatic rings. The van der Waals surface area contributed by atoms with Crippen LogP contribution in [0, 0.1) is 12.7 Å². The normalized spacial score (nSPS) is 10.7. The Morgan fingerprint density at radius 1 is 1.15 bits per heavy atom. The summed E-state index contributed by atoms with van der Waals surface area (Å²) in [6.07, 6.45) is 3.04. The molecule has 0 bridgehead atoms. The van der Waals surface area contributed by atoms with E-state index in [9.17, 15) is 9.18 Å². The smallest absolute Gasteiger partial charge is 0.257 e. The molecule has 1 aromatic carbocycles. The van der Waals surface area contributed by atoms with E-state index in [0.717, 1.165) is 0 Å². The van der Waals surface area contributed by atoms with Gasteiger partial charge in [0.15, 0.2) is 0 Å². The number of aryl methyl sites for hydroxylation is 1. The lowest BCUT2D eigenvalue weighted by Crippen LogP contribution is -2.12. The molecule has 0 aliphatic carbocycles. The Bertz CT molecular complexity index is 843. The zero-order chi connectivity index (χ0) is 14.1. The fourth-order valence-corrected chi connectivity index (χ4v) is 1.89. The summed E-state index contributed by atoms with van der Waals surface area (Å²) >= 11 is 0. The summed E-state index contributed by atoms with van der Waals surface area (Å²) in [6, 6.07) is 9.22. The van der Waals surface area contributed by atoms with Crippen molar-refractivity contribution in [3.05, 3.63) is 70.5 Å². The summed E-state index contributed by atoms with van der Waals surface area (Å²) < 4.78 is 20.2. The first-order valence-electron chi connectivity index (χ1n) is 6.05. The van der Waals surface area contributed by atoms with Gasteiger partial charge in [0.2, 0.25) is 0 Å². The lowest BCUT2D eigenvalue weighted by Gasteiger charge is -2.08. The summed E-state index contributed by atoms with van der Waals surface area (Å²) in [5, 5.41) is 0. The highest BCUT2D eigenvalue weighted by Crippen LogP contribution is 2.23. The van der Waals surface area contributed by atoms with Gasteiger partial charge in [0.05, 0.1) is 0 Å². The molecular formula is C15H11FN2O2. The second-order valence-electron chi connectivity index (χ2n) is 4.39. The molecule has 0 saturated carbocycles. The largest absolute Gasteiger partial charge is 0.457 e. The Kier molecular flexibility index (Phi) is 2.95. The second kappa shape index (κ2) is 4.77. The van der Waals surface area contributed by atoms with Crippen LogP contribution in [0.2, 0.25) is 0 Å². The van der Waals surface area contributed by atoms with E-state index in [1.807, 2.05) is 0 Å². The van der Waals surface area contributed by atoms with Crippen LogP contribution in [0.15, 0.2) is 53.6 Å². The zero-order valence-electron chi connectivity index (χ0n) is 10.7. The summed E-state index contributed by atoms with van der Waals surface area (Å²) in [7, 11) is 0. The molecule has 100 valence electrons. The van der Waals surface area contributed by atoms with Crippen molar-refractivity contribution in [2.45, 2.75) is 6.92 Å². The van der Waals surface area contributed by atoms with Gasteiger partial charge in [-0.05, 0) is 36.8 Å². The number of benzene rings is 1. The average Bonchev–Trinajstić information content (AvgIpc) is 2.43. The van der Waals surface area contributed by atoms with Crippen molar-refractivity contribution in [1.82, 2.24) is 9.38 Å². The second-order valence-corrected chi connectivity index (χ2v) is 4.39. The predicted octanol–water partition coefficient (Wildman–Crippen LogP) is 2.93. The first-order valence-corrected chi connectivity index (χ1v) is 6.05. The molecular weight excluding hydrogens is 259 g/mol. The van der Waals surface area contributed by atoms with Crippen molar-refractivity contribution in [3.63, 3.8) is 0 Å². The Balaban J connectivity index is 1.98. The van der Waals surface area contributed by atoms with E-state index in [-0.39, 0.29) is 11.4 Å². The highest BCUT2D eigenvalue weighted by atomic mass is 19.1. The quantitative estimate of drug-likeness (QED) is 0.719. The predicted molar refractivity (Wildman–Crippen MR) is 72.7 cm³/mol. The van der Waals surface area contributed by atoms with E-state index in [0.29, 0.717) is 22.7 Å². The summed E-state index contributed by atoms with van der Waals surface area (Å²) in [5.74, 6) is 0.796. The molecule has 0 radical (unpaired) electrons. The van der Waals surface area contributed by atoms with E-state index in [4.69, 9.17) is 4.74 Å². The number of aromatic nitrogens is 2. The van der Waals surface area contributed by atoms with Crippen LogP contribution in [0.4, 0.5) is 4.39 Å². The van der Waals surface area contributed by atoms with Crippen LogP contribution in [0.1, 0.15) is 5.56 Å². The van der Waals surface area contributed by atoms with Crippen LogP contribution in [-0.2, 0) is 0 Å². The van der Waals surface area contributed by atoms with E-state index < -0.39 is 0 Å². The molecule has 2 heterocycles. The Labute approximate surface area is 114 Å². The molecule has 0 spiro atoms. The molecule has 0 atom stereocenters. The highest BCUT2D eigenvalue weighted by Gasteiger charge is 2.03. The van der Waals surface area contributed by atoms with Crippen molar-refractivity contribution < 1.29 is 9.13 Å². The molecule has 0 saturated heterocycles. The van der Waals surface area contributed by atoms with Crippen LogP contribution in [0.25, 0.3) is 5.65 Å². The molecule has 0 fully saturated rings. The Morgan fingerprint density at radius 3 is 2.75 bits per heavy atom. The maximum Gasteiger partial charge on any atom is 0.257 e. The van der Waals surface area contributed by atoms with Crippen LogP contribution < -0.4 is 10.3 Å². The molecule has 0 N–H and O–H groups in total. The van der Waals surface area contributed by atoms with E-state index in [2.05, 4.69) is 4.98 Å². The third kappa shape index (κ3) is 2.25. The third-order valence-corrected chi connectivity index (χ3v) is 2.93. The molecule has 3 rings (SSSR count). The van der Waals surface area contributed by atoms with Gasteiger partial charge in [0, 0.05) is 24.5 Å². The van der Waals surface area contributed by atoms with Gasteiger partial charge >= 0.3 is 0 Å². The lowest BCUT2D eigenvalue weighted by atomic mass is 10.2. The zero-order valence-corrected chi connectivity index (χ0v) is 10.7. The van der Waals surface area contributed by atoms with Crippen LogP contribution in [0.5, 0.6) is 11.5 Å². The van der Waals surface area contributed by atoms with Gasteiger partial charge in [-0.25, -0.2) is 9.37 Å². The van der Waals surface area contributed by atoms with Crippen LogP contribution in [-0.4, -0.2) is 9.38 Å². The van der Waals surface area contributed by atoms with Gasteiger partial charge in [-0.3, -0.25) is 9.20 Å². The maximum absolute atomic E-state index is 13.2. The molecule has 2 aromatic heterocycles. The average molecular weight is 270 g/mol. The molecule has 20 heavy (non-hydrogen) atoms. The minimum atomic E-state index is -0.274. The third-order valence-electron chi connectivity index (χ3n) is 2.93. The Morgan fingerprint density at radius 2 is 1.95 bits per heavy atom. The minimum Gasteiger partial charge on any atom is -0.457 e. The van der Waals surface area contributed by atoms with Gasteiger partial charge < -0.3 is 4.74 Å². The van der Waals surface area contributed by atoms with E-state index in [1.54, 1.807) is 37.4 Å². The molecule has 4 nitrogen and oxygen atoms in total. The van der Waals surface area contributed by atoms with Crippen LogP contribution >= 0.6 is 0 Å². The van der Waals surface area contributed by atoms with E-state index >= 15 is 0 Å². The number of hydrogen-bond acceptors (Lipinski definition) is 3. The van der Waals surface area contributed by atoms with Gasteiger partial charge in [0.1, 0.15) is 23.0 Å². The molecule has 0 unspecified atom stereocenters. The fraction of sp³-hybridized carbons (Fsp3) is 0.0667. The molecule has 0 aliphatic heterocycles. The molecule has 5 heteroatoms. The van der Waals surface area contributed by atoms with Gasteiger partial charge in [-0.1, -0.05) is 0 Å². The standard InChI is InChI=1S/C15H11FN2O2/c1-10-8-11(2-3-13(10)16)20-12-5-7-18-14(9-12)17-6-4-15(18)19/h2-9H,1H3. The number of ether oxygens (including phenoxy) is 1. The number of nitrogens with zero attached hydrogens (tertiary/aromatic N) is 2. The topological polar surface area (TPSA) is 43.6 Å². The first kappa shape index (κ1) is 12.3. The van der Waals surface area contributed by atoms with Crippen molar-refractivity contribution in [1.29, 1.82) is 0 Å². The van der Waals surface area contributed by atoms with Crippen molar-refractivity contribution in [2.75, 3.05) is 0 Å². The fourth-order valence-electron chi connectivity index (χ4n) is 1.89. The number of rotatable bonds is 2. The van der Waals surface area contributed by atoms with Crippen molar-refractivity contribution >= 4 is 5.65 Å².